The van der Waals surface area contributed by atoms with E-state index in [0.29, 0.717) is 24.4 Å². The number of methoxy groups -OCH3 is 1. The molecule has 2 rings (SSSR count). The van der Waals surface area contributed by atoms with Crippen LogP contribution in [0.2, 0.25) is 0 Å². The van der Waals surface area contributed by atoms with Gasteiger partial charge in [0.2, 0.25) is 0 Å². The number of benzene rings is 1. The molecule has 0 radical (unpaired) electrons. The van der Waals surface area contributed by atoms with Crippen LogP contribution in [0.25, 0.3) is 0 Å². The molecule has 0 spiro atoms. The summed E-state index contributed by atoms with van der Waals surface area (Å²) < 4.78 is 10.9. The molecule has 142 valence electrons. The van der Waals surface area contributed by atoms with E-state index < -0.39 is 0 Å². The molecule has 8 heteroatoms. The third-order valence-electron chi connectivity index (χ3n) is 4.20. The summed E-state index contributed by atoms with van der Waals surface area (Å²) in [6.07, 6.45) is 1.26. The molecule has 2 unspecified atom stereocenters. The number of ether oxygens (including phenoxy) is 2. The summed E-state index contributed by atoms with van der Waals surface area (Å²) in [6, 6.07) is 5.53. The number of allylic oxidation sites excluding steroid dienone is 1. The predicted octanol–water partition coefficient (Wildman–Crippen LogP) is 1.67. The molecule has 0 amide bonds. The molecule has 7 nitrogen and oxygen atoms in total. The summed E-state index contributed by atoms with van der Waals surface area (Å²) in [5, 5.41) is 0.0994. The normalized spacial score (nSPS) is 20.6. The predicted molar refractivity (Wildman–Crippen MR) is 101 cm³/mol. The van der Waals surface area contributed by atoms with Gasteiger partial charge in [-0.1, -0.05) is 23.7 Å². The molecule has 6 N–H and O–H groups in total. The van der Waals surface area contributed by atoms with Crippen LogP contribution in [-0.4, -0.2) is 37.2 Å². The lowest BCUT2D eigenvalue weighted by Crippen LogP contribution is -2.43. The minimum Gasteiger partial charge on any atom is -0.465 e. The van der Waals surface area contributed by atoms with Crippen LogP contribution in [0.5, 0.6) is 0 Å². The molecular formula is C18H25ClN4O3. The number of aryl methyl sites for hydroxylation is 1. The van der Waals surface area contributed by atoms with Gasteiger partial charge in [-0.05, 0) is 37.1 Å². The van der Waals surface area contributed by atoms with Crippen LogP contribution in [-0.2, 0) is 9.47 Å². The molecule has 1 saturated heterocycles. The van der Waals surface area contributed by atoms with Crippen molar-refractivity contribution in [1.29, 1.82) is 0 Å². The van der Waals surface area contributed by atoms with Crippen LogP contribution in [0.15, 0.2) is 40.9 Å². The van der Waals surface area contributed by atoms with Crippen LogP contribution in [0.3, 0.4) is 0 Å². The Bertz CT molecular complexity index is 740. The number of hydrogen-bond donors (Lipinski definition) is 3. The maximum Gasteiger partial charge on any atom is 0.338 e. The lowest BCUT2D eigenvalue weighted by atomic mass is 10.00. The standard InChI is InChI=1S/C18H25ClN4O3/c1-10-6-12(4-5-13(10)18(24)25-3)15-9-23(8-11(2)26-15)14(17(21)22)7-16(19)20/h4-7,11,15H,8-9,20-22H2,1-3H3/b16-7-. The minimum absolute atomic E-state index is 0.0614. The second-order valence-corrected chi connectivity index (χ2v) is 6.71. The Balaban J connectivity index is 2.31. The number of nitrogens with zero attached hydrogens (tertiary/aromatic N) is 1. The van der Waals surface area contributed by atoms with Crippen molar-refractivity contribution in [1.82, 2.24) is 4.90 Å². The van der Waals surface area contributed by atoms with Gasteiger partial charge in [0.1, 0.15) is 17.1 Å². The quantitative estimate of drug-likeness (QED) is 0.413. The Labute approximate surface area is 158 Å². The Morgan fingerprint density at radius 2 is 2.04 bits per heavy atom. The monoisotopic (exact) mass is 380 g/mol. The maximum absolute atomic E-state index is 11.8. The molecule has 2 atom stereocenters. The van der Waals surface area contributed by atoms with Gasteiger partial charge < -0.3 is 31.6 Å². The van der Waals surface area contributed by atoms with Gasteiger partial charge in [-0.2, -0.15) is 0 Å². The molecule has 0 saturated carbocycles. The summed E-state index contributed by atoms with van der Waals surface area (Å²) in [5.41, 5.74) is 20.1. The van der Waals surface area contributed by atoms with Gasteiger partial charge in [0, 0.05) is 13.1 Å². The zero-order chi connectivity index (χ0) is 19.4. The van der Waals surface area contributed by atoms with E-state index in [0.717, 1.165) is 11.1 Å². The van der Waals surface area contributed by atoms with E-state index >= 15 is 0 Å². The number of hydrogen-bond acceptors (Lipinski definition) is 7. The lowest BCUT2D eigenvalue weighted by Gasteiger charge is -2.39. The van der Waals surface area contributed by atoms with E-state index in [1.807, 2.05) is 30.9 Å². The van der Waals surface area contributed by atoms with Crippen molar-refractivity contribution in [3.63, 3.8) is 0 Å². The van der Waals surface area contributed by atoms with Crippen molar-refractivity contribution in [3.8, 4) is 0 Å². The lowest BCUT2D eigenvalue weighted by molar-refractivity contribution is -0.0684. The number of halogens is 1. The fraction of sp³-hybridized carbons (Fsp3) is 0.389. The third-order valence-corrected chi connectivity index (χ3v) is 4.31. The molecule has 1 fully saturated rings. The molecule has 0 bridgehead atoms. The van der Waals surface area contributed by atoms with Crippen LogP contribution < -0.4 is 17.2 Å². The van der Waals surface area contributed by atoms with Gasteiger partial charge in [0.25, 0.3) is 0 Å². The molecule has 1 aromatic carbocycles. The number of rotatable bonds is 4. The van der Waals surface area contributed by atoms with Gasteiger partial charge in [-0.3, -0.25) is 0 Å². The molecule has 1 aliphatic heterocycles. The van der Waals surface area contributed by atoms with E-state index in [1.54, 1.807) is 6.07 Å². The number of esters is 1. The van der Waals surface area contributed by atoms with Crippen LogP contribution in [0.1, 0.15) is 34.5 Å². The molecule has 1 heterocycles. The fourth-order valence-corrected chi connectivity index (χ4v) is 3.15. The van der Waals surface area contributed by atoms with Crippen molar-refractivity contribution in [2.24, 2.45) is 17.2 Å². The SMILES string of the molecule is COC(=O)c1ccc(C2CN(C(/C=C(\N)Cl)=C(N)N)CC(C)O2)cc1C. The van der Waals surface area contributed by atoms with E-state index in [4.69, 9.17) is 38.3 Å². The molecule has 1 aliphatic rings. The third kappa shape index (κ3) is 4.62. The Morgan fingerprint density at radius 3 is 2.58 bits per heavy atom. The molecule has 0 aromatic heterocycles. The van der Waals surface area contributed by atoms with E-state index in [-0.39, 0.29) is 29.2 Å². The van der Waals surface area contributed by atoms with E-state index in [1.165, 1.54) is 13.2 Å². The largest absolute Gasteiger partial charge is 0.465 e. The van der Waals surface area contributed by atoms with E-state index in [9.17, 15) is 4.79 Å². The van der Waals surface area contributed by atoms with Gasteiger partial charge in [-0.15, -0.1) is 0 Å². The highest BCUT2D eigenvalue weighted by atomic mass is 35.5. The van der Waals surface area contributed by atoms with Crippen LogP contribution in [0.4, 0.5) is 0 Å². The second-order valence-electron chi connectivity index (χ2n) is 6.28. The summed E-state index contributed by atoms with van der Waals surface area (Å²) >= 11 is 5.80. The average molecular weight is 381 g/mol. The summed E-state index contributed by atoms with van der Waals surface area (Å²) in [4.78, 5) is 13.8. The summed E-state index contributed by atoms with van der Waals surface area (Å²) in [7, 11) is 1.36. The summed E-state index contributed by atoms with van der Waals surface area (Å²) in [6.45, 7) is 4.95. The zero-order valence-corrected chi connectivity index (χ0v) is 15.9. The van der Waals surface area contributed by atoms with Crippen molar-refractivity contribution < 1.29 is 14.3 Å². The smallest absolute Gasteiger partial charge is 0.338 e. The highest BCUT2D eigenvalue weighted by Gasteiger charge is 2.28. The highest BCUT2D eigenvalue weighted by molar-refractivity contribution is 6.29. The number of carbonyl (C=O) groups excluding carboxylic acids is 1. The Morgan fingerprint density at radius 1 is 1.35 bits per heavy atom. The second kappa shape index (κ2) is 8.33. The average Bonchev–Trinajstić information content (AvgIpc) is 2.58. The Hall–Kier alpha value is -2.38. The maximum atomic E-state index is 11.8. The van der Waals surface area contributed by atoms with Gasteiger partial charge in [0.15, 0.2) is 0 Å². The van der Waals surface area contributed by atoms with Crippen molar-refractivity contribution >= 4 is 17.6 Å². The van der Waals surface area contributed by atoms with Gasteiger partial charge in [-0.25, -0.2) is 4.79 Å². The van der Waals surface area contributed by atoms with Crippen molar-refractivity contribution in [3.05, 3.63) is 57.6 Å². The first-order chi connectivity index (χ1) is 12.2. The summed E-state index contributed by atoms with van der Waals surface area (Å²) in [5.74, 6) is -0.226. The number of morpholine rings is 1. The Kier molecular flexibility index (Phi) is 6.39. The molecule has 1 aromatic rings. The zero-order valence-electron chi connectivity index (χ0n) is 15.2. The van der Waals surface area contributed by atoms with E-state index in [2.05, 4.69) is 0 Å². The molecule has 0 aliphatic carbocycles. The number of carbonyl (C=O) groups is 1. The van der Waals surface area contributed by atoms with Crippen molar-refractivity contribution in [2.45, 2.75) is 26.1 Å². The molecular weight excluding hydrogens is 356 g/mol. The fourth-order valence-electron chi connectivity index (χ4n) is 3.05. The first kappa shape index (κ1) is 19.9. The van der Waals surface area contributed by atoms with Crippen LogP contribution >= 0.6 is 11.6 Å². The molecule has 26 heavy (non-hydrogen) atoms. The minimum atomic E-state index is -0.363. The van der Waals surface area contributed by atoms with Gasteiger partial charge in [0.05, 0.1) is 24.5 Å². The highest BCUT2D eigenvalue weighted by Crippen LogP contribution is 2.29. The number of nitrogens with two attached hydrogens (primary N) is 3. The van der Waals surface area contributed by atoms with Gasteiger partial charge >= 0.3 is 5.97 Å². The van der Waals surface area contributed by atoms with Crippen LogP contribution in [0, 0.1) is 6.92 Å². The van der Waals surface area contributed by atoms with Crippen molar-refractivity contribution in [2.75, 3.05) is 20.2 Å². The first-order valence-corrected chi connectivity index (χ1v) is 8.57. The topological polar surface area (TPSA) is 117 Å². The first-order valence-electron chi connectivity index (χ1n) is 8.20.